The molecule has 1 rings (SSSR count). The number of carbonyl (C=O) groups is 1. The van der Waals surface area contributed by atoms with Crippen molar-refractivity contribution in [3.63, 3.8) is 0 Å². The molecule has 0 spiro atoms. The Hall–Kier alpha value is -1.20. The average molecular weight is 282 g/mol. The second kappa shape index (κ2) is 8.82. The molecule has 0 saturated carbocycles. The summed E-state index contributed by atoms with van der Waals surface area (Å²) >= 11 is 1.60. The standard InChI is InChI=1S/C14H22N2O2S/c1-3-18-13-6-4-12(5-7-13)16-14(17)10-19-9-8-11(2)15/h4-7,11H,3,8-10,15H2,1-2H3,(H,16,17). The molecule has 4 nitrogen and oxygen atoms in total. The second-order valence-corrected chi connectivity index (χ2v) is 5.43. The Morgan fingerprint density at radius 2 is 2.11 bits per heavy atom. The monoisotopic (exact) mass is 282 g/mol. The Kier molecular flexibility index (Phi) is 7.36. The van der Waals surface area contributed by atoms with E-state index in [4.69, 9.17) is 10.5 Å². The summed E-state index contributed by atoms with van der Waals surface area (Å²) in [5.41, 5.74) is 6.44. The normalized spacial score (nSPS) is 11.9. The van der Waals surface area contributed by atoms with Crippen LogP contribution in [0.1, 0.15) is 20.3 Å². The summed E-state index contributed by atoms with van der Waals surface area (Å²) in [5.74, 6) is 2.19. The highest BCUT2D eigenvalue weighted by Crippen LogP contribution is 2.16. The molecule has 0 radical (unpaired) electrons. The number of hydrogen-bond acceptors (Lipinski definition) is 4. The van der Waals surface area contributed by atoms with Crippen molar-refractivity contribution in [3.05, 3.63) is 24.3 Å². The first-order valence-corrected chi connectivity index (χ1v) is 7.63. The molecular weight excluding hydrogens is 260 g/mol. The summed E-state index contributed by atoms with van der Waals surface area (Å²) in [6.45, 7) is 4.55. The lowest BCUT2D eigenvalue weighted by Crippen LogP contribution is -2.17. The van der Waals surface area contributed by atoms with Crippen LogP contribution in [0.2, 0.25) is 0 Å². The van der Waals surface area contributed by atoms with Crippen LogP contribution in [0.25, 0.3) is 0 Å². The van der Waals surface area contributed by atoms with E-state index in [9.17, 15) is 4.79 Å². The zero-order chi connectivity index (χ0) is 14.1. The van der Waals surface area contributed by atoms with Crippen molar-refractivity contribution in [2.75, 3.05) is 23.4 Å². The fourth-order valence-corrected chi connectivity index (χ4v) is 2.37. The summed E-state index contributed by atoms with van der Waals surface area (Å²) in [6.07, 6.45) is 0.932. The Bertz CT molecular complexity index is 380. The number of ether oxygens (including phenoxy) is 1. The molecule has 106 valence electrons. The van der Waals surface area contributed by atoms with Crippen LogP contribution in [0, 0.1) is 0 Å². The third-order valence-electron chi connectivity index (χ3n) is 2.40. The van der Waals surface area contributed by atoms with Gasteiger partial charge in [-0.15, -0.1) is 0 Å². The molecule has 0 aromatic heterocycles. The molecule has 1 aromatic carbocycles. The topological polar surface area (TPSA) is 64.3 Å². The molecular formula is C14H22N2O2S. The van der Waals surface area contributed by atoms with Gasteiger partial charge in [0.1, 0.15) is 5.75 Å². The summed E-state index contributed by atoms with van der Waals surface area (Å²) < 4.78 is 5.34. The number of amides is 1. The van der Waals surface area contributed by atoms with Gasteiger partial charge in [-0.05, 0) is 50.3 Å². The van der Waals surface area contributed by atoms with Gasteiger partial charge in [0.2, 0.25) is 5.91 Å². The summed E-state index contributed by atoms with van der Waals surface area (Å²) in [7, 11) is 0. The van der Waals surface area contributed by atoms with Crippen LogP contribution in [0.4, 0.5) is 5.69 Å². The molecule has 0 aliphatic rings. The van der Waals surface area contributed by atoms with Crippen LogP contribution in [0.5, 0.6) is 5.75 Å². The highest BCUT2D eigenvalue weighted by molar-refractivity contribution is 7.99. The predicted octanol–water partition coefficient (Wildman–Crippen LogP) is 2.49. The Morgan fingerprint density at radius 1 is 1.42 bits per heavy atom. The molecule has 5 heteroatoms. The molecule has 0 fully saturated rings. The van der Waals surface area contributed by atoms with Crippen molar-refractivity contribution in [2.45, 2.75) is 26.3 Å². The van der Waals surface area contributed by atoms with Gasteiger partial charge in [-0.25, -0.2) is 0 Å². The van der Waals surface area contributed by atoms with E-state index in [1.165, 1.54) is 0 Å². The number of nitrogens with one attached hydrogen (secondary N) is 1. The van der Waals surface area contributed by atoms with E-state index in [0.29, 0.717) is 12.4 Å². The van der Waals surface area contributed by atoms with Crippen molar-refractivity contribution < 1.29 is 9.53 Å². The summed E-state index contributed by atoms with van der Waals surface area (Å²) in [5, 5.41) is 2.85. The van der Waals surface area contributed by atoms with Gasteiger partial charge in [0, 0.05) is 11.7 Å². The van der Waals surface area contributed by atoms with Crippen LogP contribution < -0.4 is 15.8 Å². The van der Waals surface area contributed by atoms with E-state index in [1.54, 1.807) is 11.8 Å². The van der Waals surface area contributed by atoms with Crippen molar-refractivity contribution >= 4 is 23.4 Å². The molecule has 1 aromatic rings. The van der Waals surface area contributed by atoms with Gasteiger partial charge in [0.15, 0.2) is 0 Å². The Balaban J connectivity index is 2.27. The Morgan fingerprint density at radius 3 is 2.68 bits per heavy atom. The van der Waals surface area contributed by atoms with Crippen molar-refractivity contribution in [2.24, 2.45) is 5.73 Å². The fourth-order valence-electron chi connectivity index (χ4n) is 1.43. The maximum Gasteiger partial charge on any atom is 0.234 e. The van der Waals surface area contributed by atoms with E-state index < -0.39 is 0 Å². The predicted molar refractivity (Wildman–Crippen MR) is 81.8 cm³/mol. The molecule has 0 bridgehead atoms. The largest absolute Gasteiger partial charge is 0.494 e. The van der Waals surface area contributed by atoms with E-state index >= 15 is 0 Å². The van der Waals surface area contributed by atoms with E-state index in [0.717, 1.165) is 23.6 Å². The van der Waals surface area contributed by atoms with Gasteiger partial charge in [-0.3, -0.25) is 4.79 Å². The molecule has 19 heavy (non-hydrogen) atoms. The minimum Gasteiger partial charge on any atom is -0.494 e. The summed E-state index contributed by atoms with van der Waals surface area (Å²) in [6, 6.07) is 7.58. The minimum atomic E-state index is 0.0128. The highest BCUT2D eigenvalue weighted by Gasteiger charge is 2.03. The van der Waals surface area contributed by atoms with Gasteiger partial charge in [0.05, 0.1) is 12.4 Å². The third kappa shape index (κ3) is 7.08. The fraction of sp³-hybridized carbons (Fsp3) is 0.500. The van der Waals surface area contributed by atoms with Crippen molar-refractivity contribution in [3.8, 4) is 5.75 Å². The quantitative estimate of drug-likeness (QED) is 0.719. The van der Waals surface area contributed by atoms with Gasteiger partial charge in [-0.2, -0.15) is 11.8 Å². The Labute approximate surface area is 119 Å². The van der Waals surface area contributed by atoms with Gasteiger partial charge in [-0.1, -0.05) is 0 Å². The molecule has 1 unspecified atom stereocenters. The molecule has 0 heterocycles. The molecule has 0 aliphatic carbocycles. The van der Waals surface area contributed by atoms with Crippen LogP contribution in [-0.4, -0.2) is 30.1 Å². The van der Waals surface area contributed by atoms with Gasteiger partial charge in [0.25, 0.3) is 0 Å². The number of nitrogens with two attached hydrogens (primary N) is 1. The maximum atomic E-state index is 11.7. The van der Waals surface area contributed by atoms with Gasteiger partial charge >= 0.3 is 0 Å². The first-order valence-electron chi connectivity index (χ1n) is 6.48. The maximum absolute atomic E-state index is 11.7. The number of anilines is 1. The van der Waals surface area contributed by atoms with Crippen molar-refractivity contribution in [1.82, 2.24) is 0 Å². The lowest BCUT2D eigenvalue weighted by Gasteiger charge is -2.07. The van der Waals surface area contributed by atoms with E-state index in [2.05, 4.69) is 5.32 Å². The molecule has 1 amide bonds. The van der Waals surface area contributed by atoms with Crippen LogP contribution >= 0.6 is 11.8 Å². The van der Waals surface area contributed by atoms with Crippen LogP contribution in [0.3, 0.4) is 0 Å². The van der Waals surface area contributed by atoms with Crippen LogP contribution in [-0.2, 0) is 4.79 Å². The number of rotatable bonds is 8. The number of benzene rings is 1. The lowest BCUT2D eigenvalue weighted by molar-refractivity contribution is -0.113. The second-order valence-electron chi connectivity index (χ2n) is 4.32. The van der Waals surface area contributed by atoms with Gasteiger partial charge < -0.3 is 15.8 Å². The molecule has 0 aliphatic heterocycles. The molecule has 3 N–H and O–H groups in total. The third-order valence-corrected chi connectivity index (χ3v) is 3.39. The highest BCUT2D eigenvalue weighted by atomic mass is 32.2. The number of thioether (sulfide) groups is 1. The first kappa shape index (κ1) is 15.9. The van der Waals surface area contributed by atoms with E-state index in [-0.39, 0.29) is 11.9 Å². The molecule has 1 atom stereocenters. The lowest BCUT2D eigenvalue weighted by atomic mass is 10.3. The van der Waals surface area contributed by atoms with Crippen molar-refractivity contribution in [1.29, 1.82) is 0 Å². The first-order chi connectivity index (χ1) is 9.11. The zero-order valence-electron chi connectivity index (χ0n) is 11.5. The smallest absolute Gasteiger partial charge is 0.234 e. The number of hydrogen-bond donors (Lipinski definition) is 2. The SMILES string of the molecule is CCOc1ccc(NC(=O)CSCCC(C)N)cc1. The molecule has 0 saturated heterocycles. The summed E-state index contributed by atoms with van der Waals surface area (Å²) in [4.78, 5) is 11.7. The van der Waals surface area contributed by atoms with E-state index in [1.807, 2.05) is 38.1 Å². The zero-order valence-corrected chi connectivity index (χ0v) is 12.3. The van der Waals surface area contributed by atoms with Crippen LogP contribution in [0.15, 0.2) is 24.3 Å². The minimum absolute atomic E-state index is 0.0128. The average Bonchev–Trinajstić information content (AvgIpc) is 2.37. The number of carbonyl (C=O) groups excluding carboxylic acids is 1.